The molecular weight excluding hydrogens is 372 g/mol. The summed E-state index contributed by atoms with van der Waals surface area (Å²) in [5.41, 5.74) is 1.58. The van der Waals surface area contributed by atoms with E-state index in [0.29, 0.717) is 30.2 Å². The number of nitro benzene ring substituents is 1. The van der Waals surface area contributed by atoms with E-state index >= 15 is 0 Å². The van der Waals surface area contributed by atoms with Crippen LogP contribution in [-0.2, 0) is 22.5 Å². The lowest BCUT2D eigenvalue weighted by Crippen LogP contribution is -2.34. The standard InChI is InChI=1S/C17H16N4O5S/c1-26-17(23)19-16-18-13-8-9-20(10-14(13)27-16)15(22)7-4-11-2-5-12(6-3-11)21(24)25/h2-7H,8-10H2,1H3,(H,18,19,23)/b7-4+. The van der Waals surface area contributed by atoms with Gasteiger partial charge in [-0.2, -0.15) is 0 Å². The lowest BCUT2D eigenvalue weighted by Gasteiger charge is -2.24. The minimum Gasteiger partial charge on any atom is -0.453 e. The number of anilines is 1. The first-order valence-electron chi connectivity index (χ1n) is 8.01. The van der Waals surface area contributed by atoms with Crippen molar-refractivity contribution in [1.29, 1.82) is 0 Å². The topological polar surface area (TPSA) is 115 Å². The number of thiazole rings is 1. The van der Waals surface area contributed by atoms with Crippen LogP contribution >= 0.6 is 11.3 Å². The van der Waals surface area contributed by atoms with Gasteiger partial charge in [0.15, 0.2) is 5.13 Å². The fraction of sp³-hybridized carbons (Fsp3) is 0.235. The number of aromatic nitrogens is 1. The Labute approximate surface area is 158 Å². The highest BCUT2D eigenvalue weighted by molar-refractivity contribution is 7.15. The molecule has 0 unspecified atom stereocenters. The molecule has 0 spiro atoms. The lowest BCUT2D eigenvalue weighted by atomic mass is 10.1. The van der Waals surface area contributed by atoms with E-state index in [4.69, 9.17) is 0 Å². The van der Waals surface area contributed by atoms with Crippen molar-refractivity contribution in [2.45, 2.75) is 13.0 Å². The molecule has 1 N–H and O–H groups in total. The van der Waals surface area contributed by atoms with Gasteiger partial charge in [-0.05, 0) is 23.8 Å². The van der Waals surface area contributed by atoms with E-state index in [0.717, 1.165) is 10.6 Å². The predicted octanol–water partition coefficient (Wildman–Crippen LogP) is 2.83. The Balaban J connectivity index is 1.63. The molecule has 10 heteroatoms. The molecule has 0 fully saturated rings. The minimum atomic E-state index is -0.583. The fourth-order valence-corrected chi connectivity index (χ4v) is 3.56. The highest BCUT2D eigenvalue weighted by Crippen LogP contribution is 2.28. The Hall–Kier alpha value is -3.27. The average molecular weight is 388 g/mol. The van der Waals surface area contributed by atoms with Crippen molar-refractivity contribution >= 4 is 40.2 Å². The van der Waals surface area contributed by atoms with Gasteiger partial charge in [0, 0.05) is 36.1 Å². The number of carbonyl (C=O) groups excluding carboxylic acids is 2. The minimum absolute atomic E-state index is 0.00333. The molecule has 2 heterocycles. The molecule has 0 atom stereocenters. The molecule has 1 aliphatic rings. The Morgan fingerprint density at radius 3 is 2.78 bits per heavy atom. The molecule has 2 aromatic rings. The summed E-state index contributed by atoms with van der Waals surface area (Å²) in [6.07, 6.45) is 3.09. The third kappa shape index (κ3) is 4.47. The van der Waals surface area contributed by atoms with Crippen LogP contribution in [0.15, 0.2) is 30.3 Å². The number of carbonyl (C=O) groups is 2. The second-order valence-electron chi connectivity index (χ2n) is 5.70. The molecule has 0 saturated heterocycles. The number of nitrogens with one attached hydrogen (secondary N) is 1. The Bertz CT molecular complexity index is 907. The van der Waals surface area contributed by atoms with Crippen molar-refractivity contribution in [2.24, 2.45) is 0 Å². The molecule has 0 saturated carbocycles. The smallest absolute Gasteiger partial charge is 0.413 e. The van der Waals surface area contributed by atoms with Gasteiger partial charge in [-0.25, -0.2) is 9.78 Å². The first-order chi connectivity index (χ1) is 13.0. The fourth-order valence-electron chi connectivity index (χ4n) is 2.56. The van der Waals surface area contributed by atoms with Crippen LogP contribution in [0.1, 0.15) is 16.1 Å². The number of rotatable bonds is 4. The van der Waals surface area contributed by atoms with Crippen molar-refractivity contribution in [1.82, 2.24) is 9.88 Å². The zero-order valence-electron chi connectivity index (χ0n) is 14.4. The van der Waals surface area contributed by atoms with Crippen LogP contribution in [0, 0.1) is 10.1 Å². The maximum absolute atomic E-state index is 12.4. The number of hydrogen-bond donors (Lipinski definition) is 1. The van der Waals surface area contributed by atoms with Crippen LogP contribution in [0.2, 0.25) is 0 Å². The van der Waals surface area contributed by atoms with Crippen LogP contribution in [0.25, 0.3) is 6.08 Å². The zero-order valence-corrected chi connectivity index (χ0v) is 15.2. The van der Waals surface area contributed by atoms with Crippen LogP contribution in [-0.4, -0.2) is 40.5 Å². The molecule has 140 valence electrons. The highest BCUT2D eigenvalue weighted by atomic mass is 32.1. The first kappa shape index (κ1) is 18.5. The summed E-state index contributed by atoms with van der Waals surface area (Å²) in [6, 6.07) is 5.96. The third-order valence-corrected chi connectivity index (χ3v) is 4.96. The van der Waals surface area contributed by atoms with Crippen molar-refractivity contribution in [3.63, 3.8) is 0 Å². The number of nitro groups is 1. The van der Waals surface area contributed by atoms with E-state index < -0.39 is 11.0 Å². The number of ether oxygens (including phenoxy) is 1. The van der Waals surface area contributed by atoms with Crippen LogP contribution in [0.4, 0.5) is 15.6 Å². The van der Waals surface area contributed by atoms with Crippen molar-refractivity contribution < 1.29 is 19.2 Å². The van der Waals surface area contributed by atoms with Crippen molar-refractivity contribution in [3.8, 4) is 0 Å². The number of nitrogens with zero attached hydrogens (tertiary/aromatic N) is 3. The Morgan fingerprint density at radius 1 is 1.37 bits per heavy atom. The van der Waals surface area contributed by atoms with Gasteiger partial charge >= 0.3 is 6.09 Å². The predicted molar refractivity (Wildman–Crippen MR) is 99.4 cm³/mol. The van der Waals surface area contributed by atoms with Gasteiger partial charge in [-0.3, -0.25) is 20.2 Å². The highest BCUT2D eigenvalue weighted by Gasteiger charge is 2.23. The molecule has 0 aliphatic carbocycles. The summed E-state index contributed by atoms with van der Waals surface area (Å²) in [6.45, 7) is 0.942. The third-order valence-electron chi connectivity index (χ3n) is 3.96. The monoisotopic (exact) mass is 388 g/mol. The number of fused-ring (bicyclic) bond motifs is 1. The van der Waals surface area contributed by atoms with Crippen LogP contribution in [0.3, 0.4) is 0 Å². The quantitative estimate of drug-likeness (QED) is 0.489. The number of non-ortho nitro benzene ring substituents is 1. The second-order valence-corrected chi connectivity index (χ2v) is 6.78. The zero-order chi connectivity index (χ0) is 19.4. The van der Waals surface area contributed by atoms with Gasteiger partial charge in [0.1, 0.15) is 0 Å². The van der Waals surface area contributed by atoms with E-state index in [9.17, 15) is 19.7 Å². The Morgan fingerprint density at radius 2 is 2.11 bits per heavy atom. The molecule has 0 bridgehead atoms. The van der Waals surface area contributed by atoms with Gasteiger partial charge in [-0.15, -0.1) is 0 Å². The number of methoxy groups -OCH3 is 1. The molecule has 1 aromatic heterocycles. The molecule has 2 amide bonds. The summed E-state index contributed by atoms with van der Waals surface area (Å²) < 4.78 is 4.55. The van der Waals surface area contributed by atoms with E-state index in [-0.39, 0.29) is 11.6 Å². The van der Waals surface area contributed by atoms with Gasteiger partial charge in [0.25, 0.3) is 5.69 Å². The summed E-state index contributed by atoms with van der Waals surface area (Å²) >= 11 is 1.31. The molecule has 0 radical (unpaired) electrons. The summed E-state index contributed by atoms with van der Waals surface area (Å²) in [7, 11) is 1.28. The molecule has 27 heavy (non-hydrogen) atoms. The first-order valence-corrected chi connectivity index (χ1v) is 8.83. The number of amides is 2. The second kappa shape index (κ2) is 7.96. The number of benzene rings is 1. The average Bonchev–Trinajstić information content (AvgIpc) is 3.07. The van der Waals surface area contributed by atoms with Crippen LogP contribution in [0.5, 0.6) is 0 Å². The SMILES string of the molecule is COC(=O)Nc1nc2c(s1)CN(C(=O)/C=C/c1ccc([N+](=O)[O-])cc1)CC2. The largest absolute Gasteiger partial charge is 0.453 e. The normalized spacial score (nSPS) is 13.3. The summed E-state index contributed by atoms with van der Waals surface area (Å²) in [4.78, 5) is 40.8. The molecular formula is C17H16N4O5S. The van der Waals surface area contributed by atoms with Crippen molar-refractivity contribution in [3.05, 3.63) is 56.6 Å². The van der Waals surface area contributed by atoms with Crippen LogP contribution < -0.4 is 5.32 Å². The van der Waals surface area contributed by atoms with Gasteiger partial charge in [-0.1, -0.05) is 11.3 Å². The molecule has 9 nitrogen and oxygen atoms in total. The van der Waals surface area contributed by atoms with Gasteiger partial charge in [0.2, 0.25) is 5.91 Å². The van der Waals surface area contributed by atoms with E-state index in [1.54, 1.807) is 23.1 Å². The number of hydrogen-bond acceptors (Lipinski definition) is 7. The molecule has 3 rings (SSSR count). The molecule has 1 aromatic carbocycles. The van der Waals surface area contributed by atoms with Crippen molar-refractivity contribution in [2.75, 3.05) is 19.0 Å². The molecule has 1 aliphatic heterocycles. The maximum Gasteiger partial charge on any atom is 0.413 e. The Kier molecular flexibility index (Phi) is 5.46. The summed E-state index contributed by atoms with van der Waals surface area (Å²) in [5, 5.41) is 13.6. The summed E-state index contributed by atoms with van der Waals surface area (Å²) in [5.74, 6) is -0.158. The lowest BCUT2D eigenvalue weighted by molar-refractivity contribution is -0.384. The van der Waals surface area contributed by atoms with E-state index in [1.165, 1.54) is 36.7 Å². The van der Waals surface area contributed by atoms with Gasteiger partial charge in [0.05, 0.1) is 24.3 Å². The van der Waals surface area contributed by atoms with E-state index in [2.05, 4.69) is 15.0 Å². The maximum atomic E-state index is 12.4. The van der Waals surface area contributed by atoms with E-state index in [1.807, 2.05) is 0 Å². The van der Waals surface area contributed by atoms with Gasteiger partial charge < -0.3 is 9.64 Å².